The van der Waals surface area contributed by atoms with Gasteiger partial charge in [0.2, 0.25) is 5.95 Å². The van der Waals surface area contributed by atoms with Crippen molar-refractivity contribution >= 4 is 11.8 Å². The summed E-state index contributed by atoms with van der Waals surface area (Å²) in [4.78, 5) is 8.88. The molecule has 2 rings (SSSR count). The number of aromatic nitrogens is 2. The summed E-state index contributed by atoms with van der Waals surface area (Å²) in [5, 5.41) is 6.62. The number of aryl methyl sites for hydroxylation is 2. The second-order valence-electron chi connectivity index (χ2n) is 5.25. The van der Waals surface area contributed by atoms with E-state index < -0.39 is 0 Å². The maximum atomic E-state index is 4.49. The Morgan fingerprint density at radius 2 is 1.81 bits per heavy atom. The quantitative estimate of drug-likeness (QED) is 0.816. The smallest absolute Gasteiger partial charge is 0.224 e. The first kappa shape index (κ1) is 15.3. The third kappa shape index (κ3) is 4.74. The average Bonchev–Trinajstić information content (AvgIpc) is 2.47. The predicted molar refractivity (Wildman–Crippen MR) is 88.9 cm³/mol. The summed E-state index contributed by atoms with van der Waals surface area (Å²) < 4.78 is 0. The van der Waals surface area contributed by atoms with Crippen LogP contribution in [0.25, 0.3) is 0 Å². The molecule has 0 aliphatic rings. The highest BCUT2D eigenvalue weighted by Gasteiger charge is 2.02. The van der Waals surface area contributed by atoms with Crippen molar-refractivity contribution in [1.29, 1.82) is 0 Å². The van der Waals surface area contributed by atoms with Crippen LogP contribution >= 0.6 is 0 Å². The number of hydrogen-bond donors (Lipinski definition) is 2. The molecule has 4 nitrogen and oxygen atoms in total. The fraction of sp³-hybridized carbons (Fsp3) is 0.412. The van der Waals surface area contributed by atoms with Crippen molar-refractivity contribution in [2.24, 2.45) is 0 Å². The highest BCUT2D eigenvalue weighted by molar-refractivity contribution is 5.42. The van der Waals surface area contributed by atoms with E-state index in [9.17, 15) is 0 Å². The summed E-state index contributed by atoms with van der Waals surface area (Å²) in [6.07, 6.45) is 2.06. The summed E-state index contributed by atoms with van der Waals surface area (Å²) in [5.41, 5.74) is 3.69. The molecule has 4 heteroatoms. The van der Waals surface area contributed by atoms with Crippen LogP contribution in [-0.4, -0.2) is 23.1 Å². The minimum absolute atomic E-state index is 0.704. The highest BCUT2D eigenvalue weighted by atomic mass is 15.1. The normalized spacial score (nSPS) is 10.4. The van der Waals surface area contributed by atoms with Crippen molar-refractivity contribution in [3.63, 3.8) is 0 Å². The second-order valence-corrected chi connectivity index (χ2v) is 5.25. The Morgan fingerprint density at radius 3 is 2.57 bits per heavy atom. The fourth-order valence-electron chi connectivity index (χ4n) is 2.19. The van der Waals surface area contributed by atoms with Gasteiger partial charge in [0.15, 0.2) is 0 Å². The molecule has 1 heterocycles. The van der Waals surface area contributed by atoms with Gasteiger partial charge in [0, 0.05) is 24.8 Å². The highest BCUT2D eigenvalue weighted by Crippen LogP contribution is 2.11. The van der Waals surface area contributed by atoms with Gasteiger partial charge in [-0.3, -0.25) is 0 Å². The van der Waals surface area contributed by atoms with Crippen LogP contribution in [0.2, 0.25) is 0 Å². The third-order valence-corrected chi connectivity index (χ3v) is 3.35. The van der Waals surface area contributed by atoms with E-state index in [0.29, 0.717) is 5.95 Å². The molecule has 1 aromatic heterocycles. The van der Waals surface area contributed by atoms with Gasteiger partial charge in [0.05, 0.1) is 0 Å². The van der Waals surface area contributed by atoms with Crippen LogP contribution in [-0.2, 0) is 6.42 Å². The first-order chi connectivity index (χ1) is 10.2. The number of nitrogens with zero attached hydrogens (tertiary/aromatic N) is 2. The molecule has 0 saturated heterocycles. The lowest BCUT2D eigenvalue weighted by Gasteiger charge is -2.10. The van der Waals surface area contributed by atoms with Crippen LogP contribution in [0.1, 0.15) is 30.2 Å². The first-order valence-corrected chi connectivity index (χ1v) is 7.57. The molecule has 0 aliphatic carbocycles. The lowest BCUT2D eigenvalue weighted by Crippen LogP contribution is -2.10. The van der Waals surface area contributed by atoms with E-state index in [1.54, 1.807) is 0 Å². The molecule has 0 spiro atoms. The van der Waals surface area contributed by atoms with Crippen LogP contribution in [0, 0.1) is 13.8 Å². The topological polar surface area (TPSA) is 49.8 Å². The van der Waals surface area contributed by atoms with E-state index in [4.69, 9.17) is 0 Å². The summed E-state index contributed by atoms with van der Waals surface area (Å²) in [6, 6.07) is 10.5. The number of benzene rings is 1. The second kappa shape index (κ2) is 7.62. The average molecular weight is 284 g/mol. The van der Waals surface area contributed by atoms with E-state index >= 15 is 0 Å². The minimum Gasteiger partial charge on any atom is -0.370 e. The molecule has 2 N–H and O–H groups in total. The number of nitrogens with one attached hydrogen (secondary N) is 2. The van der Waals surface area contributed by atoms with Crippen LogP contribution in [0.5, 0.6) is 0 Å². The molecule has 21 heavy (non-hydrogen) atoms. The molecule has 0 fully saturated rings. The van der Waals surface area contributed by atoms with E-state index in [-0.39, 0.29) is 0 Å². The van der Waals surface area contributed by atoms with Crippen LogP contribution in [0.4, 0.5) is 11.8 Å². The lowest BCUT2D eigenvalue weighted by molar-refractivity contribution is 0.938. The van der Waals surface area contributed by atoms with Gasteiger partial charge >= 0.3 is 0 Å². The molecule has 0 saturated carbocycles. The Labute approximate surface area is 127 Å². The zero-order valence-electron chi connectivity index (χ0n) is 13.1. The zero-order valence-corrected chi connectivity index (χ0v) is 13.1. The molecule has 0 amide bonds. The Kier molecular flexibility index (Phi) is 5.55. The van der Waals surface area contributed by atoms with E-state index in [1.807, 2.05) is 13.0 Å². The van der Waals surface area contributed by atoms with E-state index in [1.165, 1.54) is 11.1 Å². The fourth-order valence-corrected chi connectivity index (χ4v) is 2.19. The van der Waals surface area contributed by atoms with Crippen molar-refractivity contribution in [1.82, 2.24) is 9.97 Å². The SMILES string of the molecule is CCCNc1nc(C)cc(NCCc2ccccc2C)n1. The zero-order chi connectivity index (χ0) is 15.1. The minimum atomic E-state index is 0.704. The number of anilines is 2. The standard InChI is InChI=1S/C17H24N4/c1-4-10-19-17-20-14(3)12-16(21-17)18-11-9-15-8-6-5-7-13(15)2/h5-8,12H,4,9-11H2,1-3H3,(H2,18,19,20,21). The van der Waals surface area contributed by atoms with E-state index in [0.717, 1.165) is 37.4 Å². The summed E-state index contributed by atoms with van der Waals surface area (Å²) in [7, 11) is 0. The molecule has 0 unspecified atom stereocenters. The number of rotatable bonds is 7. The molecule has 0 radical (unpaired) electrons. The summed E-state index contributed by atoms with van der Waals surface area (Å²) in [5.74, 6) is 1.59. The maximum Gasteiger partial charge on any atom is 0.224 e. The van der Waals surface area contributed by atoms with Crippen molar-refractivity contribution in [3.8, 4) is 0 Å². The van der Waals surface area contributed by atoms with Crippen LogP contribution in [0.15, 0.2) is 30.3 Å². The number of hydrogen-bond acceptors (Lipinski definition) is 4. The molecule has 2 aromatic rings. The molecule has 112 valence electrons. The van der Waals surface area contributed by atoms with Crippen molar-refractivity contribution < 1.29 is 0 Å². The third-order valence-electron chi connectivity index (χ3n) is 3.35. The van der Waals surface area contributed by atoms with Gasteiger partial charge < -0.3 is 10.6 Å². The van der Waals surface area contributed by atoms with Gasteiger partial charge in [-0.25, -0.2) is 4.98 Å². The van der Waals surface area contributed by atoms with Gasteiger partial charge in [-0.2, -0.15) is 4.98 Å². The Morgan fingerprint density at radius 1 is 1.00 bits per heavy atom. The monoisotopic (exact) mass is 284 g/mol. The molecular weight excluding hydrogens is 260 g/mol. The largest absolute Gasteiger partial charge is 0.370 e. The maximum absolute atomic E-state index is 4.49. The molecule has 0 atom stereocenters. The predicted octanol–water partition coefficient (Wildman–Crippen LogP) is 3.57. The Bertz CT molecular complexity index is 581. The van der Waals surface area contributed by atoms with Crippen LogP contribution in [0.3, 0.4) is 0 Å². The molecule has 0 aliphatic heterocycles. The van der Waals surface area contributed by atoms with Crippen LogP contribution < -0.4 is 10.6 Å². The van der Waals surface area contributed by atoms with Gasteiger partial charge in [-0.1, -0.05) is 31.2 Å². The van der Waals surface area contributed by atoms with Gasteiger partial charge in [0.1, 0.15) is 5.82 Å². The molecule has 1 aromatic carbocycles. The Hall–Kier alpha value is -2.10. The summed E-state index contributed by atoms with van der Waals surface area (Å²) >= 11 is 0. The lowest BCUT2D eigenvalue weighted by atomic mass is 10.1. The van der Waals surface area contributed by atoms with Crippen molar-refractivity contribution in [3.05, 3.63) is 47.2 Å². The summed E-state index contributed by atoms with van der Waals surface area (Å²) in [6.45, 7) is 8.03. The van der Waals surface area contributed by atoms with Gasteiger partial charge in [0.25, 0.3) is 0 Å². The Balaban J connectivity index is 1.93. The van der Waals surface area contributed by atoms with Gasteiger partial charge in [-0.15, -0.1) is 0 Å². The van der Waals surface area contributed by atoms with Gasteiger partial charge in [-0.05, 0) is 37.8 Å². The van der Waals surface area contributed by atoms with E-state index in [2.05, 4.69) is 58.7 Å². The van der Waals surface area contributed by atoms with Crippen molar-refractivity contribution in [2.75, 3.05) is 23.7 Å². The van der Waals surface area contributed by atoms with Crippen molar-refractivity contribution in [2.45, 2.75) is 33.6 Å². The first-order valence-electron chi connectivity index (χ1n) is 7.57. The molecular formula is C17H24N4. The molecule has 0 bridgehead atoms.